The first-order chi connectivity index (χ1) is 13.3. The Hall–Kier alpha value is -2.17. The highest BCUT2D eigenvalue weighted by atomic mass is 32.2. The van der Waals surface area contributed by atoms with Gasteiger partial charge in [0, 0.05) is 12.5 Å². The number of amides is 3. The monoisotopic (exact) mass is 435 g/mol. The van der Waals surface area contributed by atoms with Gasteiger partial charge in [-0.2, -0.15) is 11.8 Å². The zero-order chi connectivity index (χ0) is 20.6. The summed E-state index contributed by atoms with van der Waals surface area (Å²) in [6, 6.07) is 5.42. The Bertz CT molecular complexity index is 943. The van der Waals surface area contributed by atoms with Crippen molar-refractivity contribution in [3.8, 4) is 0 Å². The molecule has 146 valence electrons. The first-order valence-electron chi connectivity index (χ1n) is 8.23. The minimum absolute atomic E-state index is 0.0293. The minimum atomic E-state index is -1.40. The van der Waals surface area contributed by atoms with Crippen molar-refractivity contribution >= 4 is 75.0 Å². The smallest absolute Gasteiger partial charge is 0.267 e. The molecule has 0 radical (unpaired) electrons. The van der Waals surface area contributed by atoms with Crippen LogP contribution in [0.5, 0.6) is 0 Å². The number of anilines is 1. The van der Waals surface area contributed by atoms with E-state index in [2.05, 4.69) is 0 Å². The standard InChI is InChI=1S/C18H16N2O5S3/c1-9(21)19-11-6-4-3-5-10(11)13(15(19)22)14-16(23)20(18(26)28-14)12(17(24)25)7-8-27-2/h3-6,12H,7-8H2,1-2H3,(H,24,25)/p-1/b14-13-/t12-/m1/s1. The summed E-state index contributed by atoms with van der Waals surface area (Å²) in [4.78, 5) is 51.6. The predicted molar refractivity (Wildman–Crippen MR) is 110 cm³/mol. The molecular weight excluding hydrogens is 420 g/mol. The van der Waals surface area contributed by atoms with Crippen molar-refractivity contribution in [2.75, 3.05) is 16.9 Å². The summed E-state index contributed by atoms with van der Waals surface area (Å²) in [6.45, 7) is 1.26. The average Bonchev–Trinajstić information content (AvgIpc) is 3.08. The summed E-state index contributed by atoms with van der Waals surface area (Å²) in [5, 5.41) is 11.6. The van der Waals surface area contributed by atoms with Gasteiger partial charge in [-0.1, -0.05) is 42.2 Å². The Labute approximate surface area is 175 Å². The van der Waals surface area contributed by atoms with E-state index in [1.807, 2.05) is 6.26 Å². The molecule has 1 aromatic rings. The summed E-state index contributed by atoms with van der Waals surface area (Å²) >= 11 is 7.55. The fraction of sp³-hybridized carbons (Fsp3) is 0.278. The van der Waals surface area contributed by atoms with Crippen LogP contribution in [0, 0.1) is 0 Å². The van der Waals surface area contributed by atoms with Crippen molar-refractivity contribution in [1.82, 2.24) is 4.90 Å². The topological polar surface area (TPSA) is 97.8 Å². The average molecular weight is 436 g/mol. The second kappa shape index (κ2) is 8.06. The van der Waals surface area contributed by atoms with Crippen LogP contribution in [0.2, 0.25) is 0 Å². The number of rotatable bonds is 5. The zero-order valence-electron chi connectivity index (χ0n) is 15.0. The summed E-state index contributed by atoms with van der Waals surface area (Å²) < 4.78 is 0.0503. The number of hydrogen-bond acceptors (Lipinski definition) is 8. The largest absolute Gasteiger partial charge is 0.548 e. The Morgan fingerprint density at radius 1 is 1.25 bits per heavy atom. The van der Waals surface area contributed by atoms with Crippen LogP contribution < -0.4 is 10.0 Å². The molecule has 0 bridgehead atoms. The van der Waals surface area contributed by atoms with Crippen molar-refractivity contribution in [2.24, 2.45) is 0 Å². The maximum atomic E-state index is 13.1. The van der Waals surface area contributed by atoms with Crippen LogP contribution in [0.25, 0.3) is 5.57 Å². The third-order valence-corrected chi connectivity index (χ3v) is 6.40. The molecule has 0 saturated carbocycles. The molecule has 7 nitrogen and oxygen atoms in total. The highest BCUT2D eigenvalue weighted by Crippen LogP contribution is 2.45. The van der Waals surface area contributed by atoms with Crippen LogP contribution in [0.4, 0.5) is 5.69 Å². The third-order valence-electron chi connectivity index (χ3n) is 4.35. The van der Waals surface area contributed by atoms with Crippen molar-refractivity contribution in [3.05, 3.63) is 34.7 Å². The number of carboxylic acid groups (broad SMARTS) is 1. The maximum absolute atomic E-state index is 13.1. The lowest BCUT2D eigenvalue weighted by molar-refractivity contribution is -0.310. The molecule has 0 N–H and O–H groups in total. The van der Waals surface area contributed by atoms with Gasteiger partial charge in [0.2, 0.25) is 5.91 Å². The molecule has 1 aromatic carbocycles. The first kappa shape index (κ1) is 20.6. The number of aliphatic carboxylic acids is 1. The van der Waals surface area contributed by atoms with Crippen molar-refractivity contribution in [1.29, 1.82) is 0 Å². The van der Waals surface area contributed by atoms with Crippen LogP contribution in [-0.4, -0.2) is 51.0 Å². The second-order valence-electron chi connectivity index (χ2n) is 6.04. The molecule has 1 fully saturated rings. The molecule has 0 aromatic heterocycles. The SMILES string of the molecule is CSCC[C@H](C(=O)[O-])N1C(=O)/C(=C2/C(=O)N(C(C)=O)c3ccccc32)SC1=S. The zero-order valence-corrected chi connectivity index (χ0v) is 17.4. The molecule has 0 spiro atoms. The number of carbonyl (C=O) groups excluding carboxylic acids is 4. The summed E-state index contributed by atoms with van der Waals surface area (Å²) in [5.41, 5.74) is 0.893. The number of para-hydroxylation sites is 1. The van der Waals surface area contributed by atoms with E-state index < -0.39 is 29.7 Å². The Morgan fingerprint density at radius 2 is 1.93 bits per heavy atom. The Kier molecular flexibility index (Phi) is 5.92. The van der Waals surface area contributed by atoms with E-state index in [-0.39, 0.29) is 21.2 Å². The number of carbonyl (C=O) groups is 4. The van der Waals surface area contributed by atoms with Gasteiger partial charge in [-0.25, -0.2) is 4.90 Å². The molecule has 28 heavy (non-hydrogen) atoms. The van der Waals surface area contributed by atoms with Gasteiger partial charge < -0.3 is 9.90 Å². The molecule has 3 amide bonds. The van der Waals surface area contributed by atoms with Crippen LogP contribution in [0.1, 0.15) is 18.9 Å². The van der Waals surface area contributed by atoms with Gasteiger partial charge in [-0.15, -0.1) is 0 Å². The third kappa shape index (κ3) is 3.36. The predicted octanol–water partition coefficient (Wildman–Crippen LogP) is 1.02. The first-order valence-corrected chi connectivity index (χ1v) is 10.8. The van der Waals surface area contributed by atoms with Gasteiger partial charge in [-0.3, -0.25) is 19.3 Å². The van der Waals surface area contributed by atoms with Crippen molar-refractivity contribution in [3.63, 3.8) is 0 Å². The number of fused-ring (bicyclic) bond motifs is 1. The van der Waals surface area contributed by atoms with Crippen LogP contribution in [0.3, 0.4) is 0 Å². The molecule has 0 aliphatic carbocycles. The fourth-order valence-electron chi connectivity index (χ4n) is 3.13. The van der Waals surface area contributed by atoms with E-state index >= 15 is 0 Å². The molecule has 3 rings (SSSR count). The number of nitrogens with zero attached hydrogens (tertiary/aromatic N) is 2. The quantitative estimate of drug-likeness (QED) is 0.500. The Balaban J connectivity index is 2.09. The molecule has 10 heteroatoms. The van der Waals surface area contributed by atoms with Crippen LogP contribution in [-0.2, 0) is 19.2 Å². The summed E-state index contributed by atoms with van der Waals surface area (Å²) in [7, 11) is 0. The second-order valence-corrected chi connectivity index (χ2v) is 8.67. The highest BCUT2D eigenvalue weighted by molar-refractivity contribution is 8.26. The summed E-state index contributed by atoms with van der Waals surface area (Å²) in [6.07, 6.45) is 1.99. The molecule has 1 saturated heterocycles. The molecule has 1 atom stereocenters. The van der Waals surface area contributed by atoms with Crippen LogP contribution >= 0.6 is 35.7 Å². The van der Waals surface area contributed by atoms with E-state index in [4.69, 9.17) is 12.2 Å². The highest BCUT2D eigenvalue weighted by Gasteiger charge is 2.45. The molecule has 2 aliphatic heterocycles. The Morgan fingerprint density at radius 3 is 2.54 bits per heavy atom. The van der Waals surface area contributed by atoms with E-state index in [0.29, 0.717) is 17.0 Å². The van der Waals surface area contributed by atoms with Crippen molar-refractivity contribution in [2.45, 2.75) is 19.4 Å². The lowest BCUT2D eigenvalue weighted by Gasteiger charge is -2.27. The number of benzene rings is 1. The van der Waals surface area contributed by atoms with E-state index in [1.165, 1.54) is 18.7 Å². The normalized spacial score (nSPS) is 20.0. The number of thioether (sulfide) groups is 2. The molecular formula is C18H15N2O5S3-. The van der Waals surface area contributed by atoms with Crippen molar-refractivity contribution < 1.29 is 24.3 Å². The summed E-state index contributed by atoms with van der Waals surface area (Å²) in [5.74, 6) is -2.66. The van der Waals surface area contributed by atoms with Crippen LogP contribution in [0.15, 0.2) is 29.2 Å². The number of hydrogen-bond donors (Lipinski definition) is 0. The van der Waals surface area contributed by atoms with Gasteiger partial charge in [-0.05, 0) is 24.5 Å². The van der Waals surface area contributed by atoms with E-state index in [0.717, 1.165) is 21.6 Å². The number of thiocarbonyl (C=S) groups is 1. The van der Waals surface area contributed by atoms with Gasteiger partial charge in [0.15, 0.2) is 0 Å². The van der Waals surface area contributed by atoms with E-state index in [1.54, 1.807) is 24.3 Å². The lowest BCUT2D eigenvalue weighted by Crippen LogP contribution is -2.50. The maximum Gasteiger partial charge on any atom is 0.267 e. The van der Waals surface area contributed by atoms with Gasteiger partial charge in [0.1, 0.15) is 4.32 Å². The number of carboxylic acids is 1. The molecule has 2 aliphatic rings. The molecule has 2 heterocycles. The molecule has 0 unspecified atom stereocenters. The minimum Gasteiger partial charge on any atom is -0.548 e. The van der Waals surface area contributed by atoms with Gasteiger partial charge in [0.05, 0.1) is 28.2 Å². The van der Waals surface area contributed by atoms with Gasteiger partial charge >= 0.3 is 0 Å². The van der Waals surface area contributed by atoms with Gasteiger partial charge in [0.25, 0.3) is 11.8 Å². The number of imide groups is 1. The lowest BCUT2D eigenvalue weighted by atomic mass is 10.1. The van der Waals surface area contributed by atoms with E-state index in [9.17, 15) is 24.3 Å². The fourth-order valence-corrected chi connectivity index (χ4v) is 5.02.